The average Bonchev–Trinajstić information content (AvgIpc) is 3.12. The second-order valence-electron chi connectivity index (χ2n) is 16.1. The van der Waals surface area contributed by atoms with Crippen molar-refractivity contribution in [1.29, 1.82) is 0 Å². The largest absolute Gasteiger partial charge is 0.462 e. The second kappa shape index (κ2) is 36.5. The molecule has 0 aliphatic heterocycles. The molecule has 1 N–H and O–H groups in total. The van der Waals surface area contributed by atoms with Crippen molar-refractivity contribution in [3.8, 4) is 0 Å². The molecule has 3 unspecified atom stereocenters. The fourth-order valence-electron chi connectivity index (χ4n) is 7.22. The number of ether oxygens (including phenoxy) is 2. The Morgan fingerprint density at radius 3 is 0.942 bits per heavy atom. The van der Waals surface area contributed by atoms with Gasteiger partial charge < -0.3 is 14.6 Å². The van der Waals surface area contributed by atoms with Crippen LogP contribution >= 0.6 is 0 Å². The third-order valence-electron chi connectivity index (χ3n) is 10.9. The summed E-state index contributed by atoms with van der Waals surface area (Å²) in [5.74, 6) is -2.44. The van der Waals surface area contributed by atoms with Crippen molar-refractivity contribution in [2.45, 2.75) is 277 Å². The number of hydrogen-bond donors (Lipinski definition) is 1. The van der Waals surface area contributed by atoms with Gasteiger partial charge in [0, 0.05) is 0 Å². The first-order valence-corrected chi connectivity index (χ1v) is 22.9. The van der Waals surface area contributed by atoms with E-state index in [4.69, 9.17) is 9.47 Å². The van der Waals surface area contributed by atoms with Gasteiger partial charge in [0.1, 0.15) is 12.2 Å². The van der Waals surface area contributed by atoms with Crippen molar-refractivity contribution in [1.82, 2.24) is 0 Å². The Labute approximate surface area is 323 Å². The van der Waals surface area contributed by atoms with Gasteiger partial charge in [-0.1, -0.05) is 195 Å². The standard InChI is InChI=1S/C46H88O6/c1-6-10-14-18-22-24-26-30-33-37-42(36-32-28-20-16-12-8-3)51-44(48)40-46(50,41(5)47)45(49)52-43(38-34-29-21-17-13-9-4)39-35-31-27-25-23-19-15-11-7-2/h42-43,50H,6-40H2,1-5H3. The molecular formula is C46H88O6. The van der Waals surface area contributed by atoms with Crippen LogP contribution in [-0.2, 0) is 23.9 Å². The highest BCUT2D eigenvalue weighted by Gasteiger charge is 2.46. The molecule has 0 bridgehead atoms. The van der Waals surface area contributed by atoms with E-state index in [0.717, 1.165) is 70.6 Å². The van der Waals surface area contributed by atoms with E-state index in [1.165, 1.54) is 142 Å². The summed E-state index contributed by atoms with van der Waals surface area (Å²) < 4.78 is 11.8. The molecule has 52 heavy (non-hydrogen) atoms. The summed E-state index contributed by atoms with van der Waals surface area (Å²) in [5, 5.41) is 11.4. The molecule has 0 spiro atoms. The molecule has 0 aliphatic carbocycles. The summed E-state index contributed by atoms with van der Waals surface area (Å²) in [7, 11) is 0. The molecule has 0 radical (unpaired) electrons. The van der Waals surface area contributed by atoms with E-state index in [1.807, 2.05) is 0 Å². The number of carbonyl (C=O) groups is 3. The molecule has 0 amide bonds. The highest BCUT2D eigenvalue weighted by Crippen LogP contribution is 2.24. The van der Waals surface area contributed by atoms with Crippen LogP contribution in [0, 0.1) is 0 Å². The first-order valence-electron chi connectivity index (χ1n) is 22.9. The van der Waals surface area contributed by atoms with E-state index in [9.17, 15) is 19.5 Å². The quantitative estimate of drug-likeness (QED) is 0.0383. The Morgan fingerprint density at radius 1 is 0.423 bits per heavy atom. The molecule has 0 aromatic heterocycles. The SMILES string of the molecule is CCCCCCCCCCCC(CCCCCCCC)OC(=O)CC(O)(C(C)=O)C(=O)OC(CCCCCCCC)CCCCCCCCCCC. The number of rotatable bonds is 40. The Balaban J connectivity index is 5.23. The van der Waals surface area contributed by atoms with Crippen molar-refractivity contribution in [2.75, 3.05) is 0 Å². The second-order valence-corrected chi connectivity index (χ2v) is 16.1. The maximum absolute atomic E-state index is 13.5. The van der Waals surface area contributed by atoms with Crippen LogP contribution in [0.3, 0.4) is 0 Å². The molecule has 0 aromatic carbocycles. The number of hydrogen-bond acceptors (Lipinski definition) is 6. The van der Waals surface area contributed by atoms with Crippen LogP contribution in [0.4, 0.5) is 0 Å². The van der Waals surface area contributed by atoms with E-state index < -0.39 is 29.7 Å². The van der Waals surface area contributed by atoms with E-state index in [0.29, 0.717) is 12.8 Å². The predicted molar refractivity (Wildman–Crippen MR) is 220 cm³/mol. The predicted octanol–water partition coefficient (Wildman–Crippen LogP) is 13.9. The lowest BCUT2D eigenvalue weighted by molar-refractivity contribution is -0.181. The topological polar surface area (TPSA) is 89.9 Å². The minimum absolute atomic E-state index is 0.262. The molecule has 3 atom stereocenters. The summed E-state index contributed by atoms with van der Waals surface area (Å²) in [6, 6.07) is 0. The average molecular weight is 737 g/mol. The van der Waals surface area contributed by atoms with Gasteiger partial charge in [0.2, 0.25) is 5.60 Å². The number of carbonyl (C=O) groups excluding carboxylic acids is 3. The molecule has 6 heteroatoms. The maximum Gasteiger partial charge on any atom is 0.346 e. The van der Waals surface area contributed by atoms with Crippen LogP contribution in [-0.4, -0.2) is 40.6 Å². The zero-order valence-electron chi connectivity index (χ0n) is 35.4. The smallest absolute Gasteiger partial charge is 0.346 e. The molecule has 0 fully saturated rings. The highest BCUT2D eigenvalue weighted by atomic mass is 16.6. The van der Waals surface area contributed by atoms with Crippen LogP contribution in [0.15, 0.2) is 0 Å². The monoisotopic (exact) mass is 737 g/mol. The van der Waals surface area contributed by atoms with Crippen molar-refractivity contribution < 1.29 is 29.0 Å². The lowest BCUT2D eigenvalue weighted by Crippen LogP contribution is -2.49. The first kappa shape index (κ1) is 50.6. The van der Waals surface area contributed by atoms with Crippen molar-refractivity contribution in [2.24, 2.45) is 0 Å². The van der Waals surface area contributed by atoms with E-state index in [-0.39, 0.29) is 12.2 Å². The Bertz CT molecular complexity index is 828. The lowest BCUT2D eigenvalue weighted by atomic mass is 9.94. The van der Waals surface area contributed by atoms with E-state index in [2.05, 4.69) is 27.7 Å². The van der Waals surface area contributed by atoms with Crippen molar-refractivity contribution in [3.63, 3.8) is 0 Å². The fourth-order valence-corrected chi connectivity index (χ4v) is 7.22. The van der Waals surface area contributed by atoms with E-state index >= 15 is 0 Å². The van der Waals surface area contributed by atoms with Crippen molar-refractivity contribution >= 4 is 17.7 Å². The lowest BCUT2D eigenvalue weighted by Gasteiger charge is -2.27. The number of Topliss-reactive ketones (excluding diaryl/α,β-unsaturated/α-hetero) is 1. The summed E-state index contributed by atoms with van der Waals surface area (Å²) in [5.41, 5.74) is -2.52. The molecule has 0 heterocycles. The molecule has 0 aromatic rings. The zero-order valence-corrected chi connectivity index (χ0v) is 35.4. The van der Waals surface area contributed by atoms with Gasteiger partial charge in [-0.15, -0.1) is 0 Å². The van der Waals surface area contributed by atoms with Gasteiger partial charge in [0.05, 0.1) is 6.42 Å². The summed E-state index contributed by atoms with van der Waals surface area (Å²) in [6.45, 7) is 10.1. The van der Waals surface area contributed by atoms with E-state index in [1.54, 1.807) is 0 Å². The molecule has 0 aliphatic rings. The minimum atomic E-state index is -2.52. The van der Waals surface area contributed by atoms with Crippen LogP contribution in [0.5, 0.6) is 0 Å². The fraction of sp³-hybridized carbons (Fsp3) is 0.935. The third kappa shape index (κ3) is 29.0. The first-order chi connectivity index (χ1) is 25.2. The number of esters is 2. The molecule has 0 rings (SSSR count). The van der Waals surface area contributed by atoms with Crippen LogP contribution in [0.2, 0.25) is 0 Å². The van der Waals surface area contributed by atoms with Gasteiger partial charge in [-0.2, -0.15) is 0 Å². The maximum atomic E-state index is 13.5. The molecule has 0 saturated carbocycles. The Kier molecular flexibility index (Phi) is 35.5. The zero-order chi connectivity index (χ0) is 38.5. The van der Waals surface area contributed by atoms with Gasteiger partial charge in [0.25, 0.3) is 0 Å². The van der Waals surface area contributed by atoms with Gasteiger partial charge in [0.15, 0.2) is 5.78 Å². The number of aliphatic hydroxyl groups is 1. The summed E-state index contributed by atoms with van der Waals surface area (Å²) >= 11 is 0. The number of ketones is 1. The van der Waals surface area contributed by atoms with Gasteiger partial charge >= 0.3 is 11.9 Å². The summed E-state index contributed by atoms with van der Waals surface area (Å²) in [4.78, 5) is 39.6. The Hall–Kier alpha value is -1.43. The summed E-state index contributed by atoms with van der Waals surface area (Å²) in [6.07, 6.45) is 37.4. The van der Waals surface area contributed by atoms with Gasteiger partial charge in [-0.05, 0) is 58.3 Å². The van der Waals surface area contributed by atoms with Crippen LogP contribution in [0.1, 0.15) is 259 Å². The molecule has 0 saturated heterocycles. The normalized spacial score (nSPS) is 13.8. The Morgan fingerprint density at radius 2 is 0.673 bits per heavy atom. The number of unbranched alkanes of at least 4 members (excludes halogenated alkanes) is 26. The van der Waals surface area contributed by atoms with Crippen LogP contribution < -0.4 is 0 Å². The van der Waals surface area contributed by atoms with Crippen LogP contribution in [0.25, 0.3) is 0 Å². The molecular weight excluding hydrogens is 648 g/mol. The van der Waals surface area contributed by atoms with Gasteiger partial charge in [-0.25, -0.2) is 4.79 Å². The minimum Gasteiger partial charge on any atom is -0.462 e. The highest BCUT2D eigenvalue weighted by molar-refractivity contribution is 6.08. The molecule has 6 nitrogen and oxygen atoms in total. The van der Waals surface area contributed by atoms with Crippen molar-refractivity contribution in [3.05, 3.63) is 0 Å². The third-order valence-corrected chi connectivity index (χ3v) is 10.9. The van der Waals surface area contributed by atoms with Gasteiger partial charge in [-0.3, -0.25) is 9.59 Å². The molecule has 308 valence electrons.